The number of hydrogen-bond donors (Lipinski definition) is 1. The number of aromatic nitrogens is 1. The number of nitrogens with one attached hydrogen (secondary N) is 1. The van der Waals surface area contributed by atoms with Gasteiger partial charge in [0, 0.05) is 6.04 Å². The number of hydrogen-bond acceptors (Lipinski definition) is 5. The molecule has 4 aliphatic carbocycles. The average Bonchev–Trinajstić information content (AvgIpc) is 2.99. The van der Waals surface area contributed by atoms with Gasteiger partial charge in [0.05, 0.1) is 5.69 Å². The average molecular weight is 374 g/mol. The molecular weight excluding hydrogens is 344 g/mol. The molecule has 4 saturated carbocycles. The first-order chi connectivity index (χ1) is 12.9. The molecule has 5 rings (SSSR count). The zero-order valence-electron chi connectivity index (χ0n) is 16.5. The number of amides is 1. The van der Waals surface area contributed by atoms with Gasteiger partial charge in [0.25, 0.3) is 5.91 Å². The Hall–Kier alpha value is -1.85. The molecule has 1 unspecified atom stereocenters. The summed E-state index contributed by atoms with van der Waals surface area (Å²) in [5, 5.41) is 6.99. The monoisotopic (exact) mass is 374 g/mol. The van der Waals surface area contributed by atoms with Crippen LogP contribution in [0.1, 0.15) is 74.2 Å². The van der Waals surface area contributed by atoms with Gasteiger partial charge >= 0.3 is 5.97 Å². The Kier molecular flexibility index (Phi) is 4.77. The van der Waals surface area contributed by atoms with Gasteiger partial charge in [-0.05, 0) is 82.0 Å². The van der Waals surface area contributed by atoms with Crippen molar-refractivity contribution in [2.45, 2.75) is 71.8 Å². The van der Waals surface area contributed by atoms with Crippen molar-refractivity contribution in [1.29, 1.82) is 0 Å². The summed E-state index contributed by atoms with van der Waals surface area (Å²) >= 11 is 0. The molecule has 6 heteroatoms. The molecule has 1 N–H and O–H groups in total. The molecule has 0 radical (unpaired) electrons. The first-order valence-corrected chi connectivity index (χ1v) is 10.3. The Morgan fingerprint density at radius 1 is 1.22 bits per heavy atom. The van der Waals surface area contributed by atoms with Crippen molar-refractivity contribution in [2.24, 2.45) is 23.2 Å². The minimum absolute atomic E-state index is 0.126. The Labute approximate surface area is 160 Å². The summed E-state index contributed by atoms with van der Waals surface area (Å²) in [5.41, 5.74) is 1.16. The predicted molar refractivity (Wildman–Crippen MR) is 99.1 cm³/mol. The third-order valence-electron chi connectivity index (χ3n) is 7.19. The summed E-state index contributed by atoms with van der Waals surface area (Å²) in [4.78, 5) is 24.7. The molecule has 148 valence electrons. The van der Waals surface area contributed by atoms with Crippen LogP contribution in [-0.4, -0.2) is 29.7 Å². The summed E-state index contributed by atoms with van der Waals surface area (Å²) < 4.78 is 10.3. The van der Waals surface area contributed by atoms with Crippen LogP contribution >= 0.6 is 0 Å². The first-order valence-electron chi connectivity index (χ1n) is 10.3. The topological polar surface area (TPSA) is 81.4 Å². The van der Waals surface area contributed by atoms with Crippen molar-refractivity contribution < 1.29 is 18.8 Å². The van der Waals surface area contributed by atoms with Gasteiger partial charge in [-0.2, -0.15) is 0 Å². The second kappa shape index (κ2) is 6.95. The van der Waals surface area contributed by atoms with Gasteiger partial charge in [0.2, 0.25) is 0 Å². The van der Waals surface area contributed by atoms with Crippen molar-refractivity contribution in [3.8, 4) is 0 Å². The Bertz CT molecular complexity index is 703. The van der Waals surface area contributed by atoms with Crippen molar-refractivity contribution in [3.05, 3.63) is 17.0 Å². The standard InChI is InChI=1S/C21H30N2O4/c1-4-17-19(12(2)27-23-17)20(25)26-11-18(24)22-13(3)21-8-14-5-15(9-21)7-16(6-14)10-21/h13-16H,4-11H2,1-3H3,(H,22,24). The molecule has 4 aliphatic rings. The van der Waals surface area contributed by atoms with E-state index in [1.165, 1.54) is 38.5 Å². The summed E-state index contributed by atoms with van der Waals surface area (Å²) in [6, 6.07) is 0.126. The van der Waals surface area contributed by atoms with Crippen molar-refractivity contribution in [2.75, 3.05) is 6.61 Å². The molecule has 4 bridgehead atoms. The van der Waals surface area contributed by atoms with E-state index in [9.17, 15) is 9.59 Å². The highest BCUT2D eigenvalue weighted by molar-refractivity contribution is 5.93. The smallest absolute Gasteiger partial charge is 0.344 e. The van der Waals surface area contributed by atoms with E-state index in [-0.39, 0.29) is 24.0 Å². The lowest BCUT2D eigenvalue weighted by molar-refractivity contribution is -0.128. The largest absolute Gasteiger partial charge is 0.452 e. The molecule has 0 saturated heterocycles. The van der Waals surface area contributed by atoms with Crippen LogP contribution in [0.3, 0.4) is 0 Å². The molecule has 27 heavy (non-hydrogen) atoms. The molecule has 0 aliphatic heterocycles. The van der Waals surface area contributed by atoms with Crippen LogP contribution in [0.2, 0.25) is 0 Å². The molecule has 0 spiro atoms. The van der Waals surface area contributed by atoms with Crippen LogP contribution in [0.15, 0.2) is 4.52 Å². The predicted octanol–water partition coefficient (Wildman–Crippen LogP) is 3.42. The lowest BCUT2D eigenvalue weighted by Crippen LogP contribution is -2.56. The maximum atomic E-state index is 12.4. The first kappa shape index (κ1) is 18.5. The maximum Gasteiger partial charge on any atom is 0.344 e. The van der Waals surface area contributed by atoms with Gasteiger partial charge in [0.15, 0.2) is 6.61 Å². The van der Waals surface area contributed by atoms with E-state index >= 15 is 0 Å². The second-order valence-electron chi connectivity index (χ2n) is 9.06. The van der Waals surface area contributed by atoms with Crippen LogP contribution in [0.4, 0.5) is 0 Å². The van der Waals surface area contributed by atoms with Crippen LogP contribution in [0.5, 0.6) is 0 Å². The SMILES string of the molecule is CCc1noc(C)c1C(=O)OCC(=O)NC(C)C12CC3CC(CC(C3)C1)C2. The fourth-order valence-electron chi connectivity index (χ4n) is 6.27. The van der Waals surface area contributed by atoms with Crippen molar-refractivity contribution in [3.63, 3.8) is 0 Å². The Morgan fingerprint density at radius 2 is 1.81 bits per heavy atom. The third-order valence-corrected chi connectivity index (χ3v) is 7.19. The van der Waals surface area contributed by atoms with Crippen LogP contribution in [0.25, 0.3) is 0 Å². The lowest BCUT2D eigenvalue weighted by atomic mass is 9.48. The highest BCUT2D eigenvalue weighted by Crippen LogP contribution is 2.61. The summed E-state index contributed by atoms with van der Waals surface area (Å²) in [7, 11) is 0. The Morgan fingerprint density at radius 3 is 2.37 bits per heavy atom. The number of esters is 1. The minimum Gasteiger partial charge on any atom is -0.452 e. The van der Waals surface area contributed by atoms with Gasteiger partial charge in [-0.3, -0.25) is 4.79 Å². The fourth-order valence-corrected chi connectivity index (χ4v) is 6.27. The van der Waals surface area contributed by atoms with Crippen molar-refractivity contribution >= 4 is 11.9 Å². The van der Waals surface area contributed by atoms with Crippen LogP contribution in [-0.2, 0) is 16.0 Å². The number of rotatable bonds is 6. The van der Waals surface area contributed by atoms with Gasteiger partial charge < -0.3 is 14.6 Å². The minimum atomic E-state index is -0.539. The Balaban J connectivity index is 1.33. The van der Waals surface area contributed by atoms with Gasteiger partial charge in [-0.15, -0.1) is 0 Å². The van der Waals surface area contributed by atoms with Crippen LogP contribution in [0, 0.1) is 30.1 Å². The number of carbonyl (C=O) groups excluding carboxylic acids is 2. The zero-order chi connectivity index (χ0) is 19.2. The highest BCUT2D eigenvalue weighted by Gasteiger charge is 2.53. The highest BCUT2D eigenvalue weighted by atomic mass is 16.5. The molecule has 1 aromatic heterocycles. The second-order valence-corrected chi connectivity index (χ2v) is 9.06. The number of ether oxygens (including phenoxy) is 1. The van der Waals surface area contributed by atoms with E-state index in [4.69, 9.17) is 9.26 Å². The van der Waals surface area contributed by atoms with Gasteiger partial charge in [-0.1, -0.05) is 12.1 Å². The quantitative estimate of drug-likeness (QED) is 0.772. The molecule has 6 nitrogen and oxygen atoms in total. The van der Waals surface area contributed by atoms with E-state index < -0.39 is 5.97 Å². The summed E-state index contributed by atoms with van der Waals surface area (Å²) in [6.45, 7) is 5.45. The molecule has 1 aromatic rings. The number of carbonyl (C=O) groups is 2. The van der Waals surface area contributed by atoms with E-state index in [1.54, 1.807) is 6.92 Å². The number of aryl methyl sites for hydroxylation is 2. The molecule has 0 aromatic carbocycles. The summed E-state index contributed by atoms with van der Waals surface area (Å²) in [6.07, 6.45) is 8.44. The molecule has 1 heterocycles. The normalized spacial score (nSPS) is 32.3. The van der Waals surface area contributed by atoms with E-state index in [0.717, 1.165) is 17.8 Å². The van der Waals surface area contributed by atoms with Gasteiger partial charge in [0.1, 0.15) is 11.3 Å². The lowest BCUT2D eigenvalue weighted by Gasteiger charge is -2.59. The summed E-state index contributed by atoms with van der Waals surface area (Å²) in [5.74, 6) is 2.20. The van der Waals surface area contributed by atoms with E-state index in [1.807, 2.05) is 6.92 Å². The maximum absolute atomic E-state index is 12.4. The molecular formula is C21H30N2O4. The van der Waals surface area contributed by atoms with Crippen molar-refractivity contribution in [1.82, 2.24) is 10.5 Å². The molecule has 1 atom stereocenters. The van der Waals surface area contributed by atoms with E-state index in [0.29, 0.717) is 23.4 Å². The number of nitrogens with zero attached hydrogens (tertiary/aromatic N) is 1. The molecule has 1 amide bonds. The van der Waals surface area contributed by atoms with Gasteiger partial charge in [-0.25, -0.2) is 4.79 Å². The third kappa shape index (κ3) is 3.39. The van der Waals surface area contributed by atoms with Crippen LogP contribution < -0.4 is 5.32 Å². The van der Waals surface area contributed by atoms with E-state index in [2.05, 4.69) is 17.4 Å². The fraction of sp³-hybridized carbons (Fsp3) is 0.762. The molecule has 4 fully saturated rings. The zero-order valence-corrected chi connectivity index (χ0v) is 16.5.